The summed E-state index contributed by atoms with van der Waals surface area (Å²) in [4.78, 5) is 1.06. The molecule has 0 aliphatic rings. The molecule has 0 bridgehead atoms. The first-order chi connectivity index (χ1) is 6.83. The van der Waals surface area contributed by atoms with Crippen molar-refractivity contribution in [1.29, 1.82) is 0 Å². The molecule has 0 amide bonds. The SMILES string of the molecule is CCCCCNSc1ccc(F)cc1. The van der Waals surface area contributed by atoms with E-state index in [1.165, 1.54) is 31.4 Å². The molecule has 0 saturated carbocycles. The van der Waals surface area contributed by atoms with Crippen LogP contribution in [0.25, 0.3) is 0 Å². The molecule has 0 aliphatic heterocycles. The summed E-state index contributed by atoms with van der Waals surface area (Å²) >= 11 is 1.56. The fraction of sp³-hybridized carbons (Fsp3) is 0.455. The van der Waals surface area contributed by atoms with Crippen molar-refractivity contribution in [3.63, 3.8) is 0 Å². The molecule has 1 nitrogen and oxygen atoms in total. The third-order valence-corrected chi connectivity index (χ3v) is 2.74. The van der Waals surface area contributed by atoms with E-state index in [0.29, 0.717) is 0 Å². The van der Waals surface area contributed by atoms with Crippen molar-refractivity contribution < 1.29 is 4.39 Å². The molecular weight excluding hydrogens is 197 g/mol. The van der Waals surface area contributed by atoms with Gasteiger partial charge < -0.3 is 0 Å². The average Bonchev–Trinajstić information content (AvgIpc) is 2.21. The lowest BCUT2D eigenvalue weighted by Gasteiger charge is -2.02. The van der Waals surface area contributed by atoms with E-state index in [0.717, 1.165) is 11.4 Å². The highest BCUT2D eigenvalue weighted by molar-refractivity contribution is 7.97. The van der Waals surface area contributed by atoms with Crippen LogP contribution in [-0.2, 0) is 0 Å². The first kappa shape index (κ1) is 11.5. The van der Waals surface area contributed by atoms with Gasteiger partial charge >= 0.3 is 0 Å². The molecule has 1 rings (SSSR count). The zero-order valence-corrected chi connectivity index (χ0v) is 9.24. The van der Waals surface area contributed by atoms with Crippen LogP contribution in [0.2, 0.25) is 0 Å². The fourth-order valence-electron chi connectivity index (χ4n) is 1.08. The topological polar surface area (TPSA) is 12.0 Å². The number of hydrogen-bond donors (Lipinski definition) is 1. The average molecular weight is 213 g/mol. The first-order valence-electron chi connectivity index (χ1n) is 4.98. The third kappa shape index (κ3) is 4.63. The van der Waals surface area contributed by atoms with Gasteiger partial charge in [0.05, 0.1) is 0 Å². The Morgan fingerprint density at radius 3 is 2.57 bits per heavy atom. The lowest BCUT2D eigenvalue weighted by Crippen LogP contribution is -2.04. The van der Waals surface area contributed by atoms with Crippen LogP contribution in [0.15, 0.2) is 29.2 Å². The van der Waals surface area contributed by atoms with Gasteiger partial charge in [0.15, 0.2) is 0 Å². The Bertz CT molecular complexity index is 248. The van der Waals surface area contributed by atoms with Gasteiger partial charge in [-0.15, -0.1) is 0 Å². The van der Waals surface area contributed by atoms with Gasteiger partial charge in [0, 0.05) is 11.4 Å². The highest BCUT2D eigenvalue weighted by Crippen LogP contribution is 2.14. The van der Waals surface area contributed by atoms with E-state index in [4.69, 9.17) is 0 Å². The van der Waals surface area contributed by atoms with Gasteiger partial charge in [-0.1, -0.05) is 19.8 Å². The molecule has 0 heterocycles. The van der Waals surface area contributed by atoms with Crippen LogP contribution in [-0.4, -0.2) is 6.54 Å². The lowest BCUT2D eigenvalue weighted by molar-refractivity contribution is 0.626. The van der Waals surface area contributed by atoms with Gasteiger partial charge in [-0.2, -0.15) is 0 Å². The molecule has 1 aromatic carbocycles. The molecular formula is C11H16FNS. The lowest BCUT2D eigenvalue weighted by atomic mass is 10.3. The number of nitrogens with one attached hydrogen (secondary N) is 1. The maximum absolute atomic E-state index is 12.5. The van der Waals surface area contributed by atoms with E-state index in [2.05, 4.69) is 11.6 Å². The number of benzene rings is 1. The summed E-state index contributed by atoms with van der Waals surface area (Å²) in [5, 5.41) is 0. The van der Waals surface area contributed by atoms with Crippen LogP contribution in [0, 0.1) is 5.82 Å². The zero-order valence-electron chi connectivity index (χ0n) is 8.42. The molecule has 3 heteroatoms. The summed E-state index contributed by atoms with van der Waals surface area (Å²) < 4.78 is 15.8. The minimum Gasteiger partial charge on any atom is -0.260 e. The highest BCUT2D eigenvalue weighted by Gasteiger charge is 1.93. The van der Waals surface area contributed by atoms with Gasteiger partial charge in [-0.25, -0.2) is 4.39 Å². The fourth-order valence-corrected chi connectivity index (χ4v) is 1.77. The first-order valence-corrected chi connectivity index (χ1v) is 5.80. The quantitative estimate of drug-likeness (QED) is 0.572. The smallest absolute Gasteiger partial charge is 0.123 e. The monoisotopic (exact) mass is 213 g/mol. The second-order valence-corrected chi connectivity index (χ2v) is 4.12. The summed E-state index contributed by atoms with van der Waals surface area (Å²) in [6.07, 6.45) is 3.70. The van der Waals surface area contributed by atoms with Gasteiger partial charge in [0.25, 0.3) is 0 Å². The van der Waals surface area contributed by atoms with Gasteiger partial charge in [0.2, 0.25) is 0 Å². The van der Waals surface area contributed by atoms with Crippen molar-refractivity contribution in [2.24, 2.45) is 0 Å². The van der Waals surface area contributed by atoms with Crippen molar-refractivity contribution in [2.75, 3.05) is 6.54 Å². The van der Waals surface area contributed by atoms with Crippen molar-refractivity contribution in [2.45, 2.75) is 31.1 Å². The van der Waals surface area contributed by atoms with Crippen LogP contribution in [0.5, 0.6) is 0 Å². The number of hydrogen-bond acceptors (Lipinski definition) is 2. The molecule has 0 aliphatic carbocycles. The number of halogens is 1. The molecule has 0 spiro atoms. The zero-order chi connectivity index (χ0) is 10.2. The third-order valence-electron chi connectivity index (χ3n) is 1.89. The molecule has 14 heavy (non-hydrogen) atoms. The Kier molecular flexibility index (Phi) is 5.64. The largest absolute Gasteiger partial charge is 0.260 e. The minimum absolute atomic E-state index is 0.180. The molecule has 0 saturated heterocycles. The Labute approximate surface area is 89.2 Å². The van der Waals surface area contributed by atoms with E-state index >= 15 is 0 Å². The molecule has 1 aromatic rings. The molecule has 0 radical (unpaired) electrons. The summed E-state index contributed by atoms with van der Waals surface area (Å²) in [5.41, 5.74) is 0. The molecule has 0 unspecified atom stereocenters. The Morgan fingerprint density at radius 2 is 1.93 bits per heavy atom. The van der Waals surface area contributed by atoms with E-state index in [1.54, 1.807) is 24.1 Å². The van der Waals surface area contributed by atoms with E-state index < -0.39 is 0 Å². The Balaban J connectivity index is 2.15. The van der Waals surface area contributed by atoms with Crippen LogP contribution in [0.1, 0.15) is 26.2 Å². The Hall–Kier alpha value is -0.540. The standard InChI is InChI=1S/C11H16FNS/c1-2-3-4-9-13-14-11-7-5-10(12)6-8-11/h5-8,13H,2-4,9H2,1H3. The second kappa shape index (κ2) is 6.85. The molecule has 1 N–H and O–H groups in total. The van der Waals surface area contributed by atoms with Crippen molar-refractivity contribution in [3.8, 4) is 0 Å². The molecule has 0 fully saturated rings. The van der Waals surface area contributed by atoms with Crippen molar-refractivity contribution in [1.82, 2.24) is 4.72 Å². The van der Waals surface area contributed by atoms with Crippen LogP contribution in [0.4, 0.5) is 4.39 Å². The van der Waals surface area contributed by atoms with E-state index in [-0.39, 0.29) is 5.82 Å². The van der Waals surface area contributed by atoms with Gasteiger partial charge in [0.1, 0.15) is 5.82 Å². The van der Waals surface area contributed by atoms with Crippen LogP contribution >= 0.6 is 11.9 Å². The summed E-state index contributed by atoms with van der Waals surface area (Å²) in [5.74, 6) is -0.180. The summed E-state index contributed by atoms with van der Waals surface area (Å²) in [6.45, 7) is 3.20. The molecule has 0 aromatic heterocycles. The highest BCUT2D eigenvalue weighted by atomic mass is 32.2. The maximum atomic E-state index is 12.5. The predicted octanol–water partition coefficient (Wildman–Crippen LogP) is 3.61. The number of unbranched alkanes of at least 4 members (excludes halogenated alkanes) is 2. The molecule has 0 atom stereocenters. The summed E-state index contributed by atoms with van der Waals surface area (Å²) in [6, 6.07) is 6.53. The van der Waals surface area contributed by atoms with E-state index in [9.17, 15) is 4.39 Å². The number of rotatable bonds is 6. The predicted molar refractivity (Wildman–Crippen MR) is 59.8 cm³/mol. The normalized spacial score (nSPS) is 10.4. The maximum Gasteiger partial charge on any atom is 0.123 e. The van der Waals surface area contributed by atoms with Crippen LogP contribution in [0.3, 0.4) is 0 Å². The van der Waals surface area contributed by atoms with Gasteiger partial charge in [-0.05, 0) is 42.6 Å². The Morgan fingerprint density at radius 1 is 1.21 bits per heavy atom. The van der Waals surface area contributed by atoms with Crippen LogP contribution < -0.4 is 4.72 Å². The molecule has 78 valence electrons. The van der Waals surface area contributed by atoms with Crippen molar-refractivity contribution in [3.05, 3.63) is 30.1 Å². The van der Waals surface area contributed by atoms with Crippen molar-refractivity contribution >= 4 is 11.9 Å². The van der Waals surface area contributed by atoms with Gasteiger partial charge in [-0.3, -0.25) is 4.72 Å². The minimum atomic E-state index is -0.180. The second-order valence-electron chi connectivity index (χ2n) is 3.16. The summed E-state index contributed by atoms with van der Waals surface area (Å²) in [7, 11) is 0. The van der Waals surface area contributed by atoms with E-state index in [1.807, 2.05) is 0 Å².